The molecule has 0 bridgehead atoms. The SMILES string of the molecule is COC(=O)[C@@]1(c2cccc3[nH]ccc23)C[C@@H](O[Si](C)(C)C(C)(C)C)CCC1=O. The molecule has 2 aromatic rings. The van der Waals surface area contributed by atoms with Crippen molar-refractivity contribution in [3.63, 3.8) is 0 Å². The molecule has 5 nitrogen and oxygen atoms in total. The highest BCUT2D eigenvalue weighted by molar-refractivity contribution is 6.74. The monoisotopic (exact) mass is 401 g/mol. The first-order valence-electron chi connectivity index (χ1n) is 9.89. The van der Waals surface area contributed by atoms with Gasteiger partial charge in [-0.3, -0.25) is 9.59 Å². The van der Waals surface area contributed by atoms with Crippen molar-refractivity contribution < 1.29 is 18.8 Å². The molecule has 3 rings (SSSR count). The number of aromatic amines is 1. The number of nitrogens with one attached hydrogen (secondary N) is 1. The van der Waals surface area contributed by atoms with E-state index in [1.807, 2.05) is 30.5 Å². The fourth-order valence-electron chi connectivity index (χ4n) is 3.96. The first-order valence-corrected chi connectivity index (χ1v) is 12.8. The molecular formula is C22H31NO4Si. The third kappa shape index (κ3) is 3.33. The van der Waals surface area contributed by atoms with Gasteiger partial charge < -0.3 is 14.1 Å². The van der Waals surface area contributed by atoms with Crippen LogP contribution >= 0.6 is 0 Å². The number of benzene rings is 1. The lowest BCUT2D eigenvalue weighted by Crippen LogP contribution is -2.53. The predicted molar refractivity (Wildman–Crippen MR) is 113 cm³/mol. The first-order chi connectivity index (χ1) is 13.0. The van der Waals surface area contributed by atoms with Gasteiger partial charge in [-0.15, -0.1) is 0 Å². The number of rotatable bonds is 4. The summed E-state index contributed by atoms with van der Waals surface area (Å²) in [4.78, 5) is 29.5. The Morgan fingerprint density at radius 3 is 2.61 bits per heavy atom. The Bertz CT molecular complexity index is 885. The number of carbonyl (C=O) groups is 2. The molecule has 28 heavy (non-hydrogen) atoms. The van der Waals surface area contributed by atoms with Crippen LogP contribution in [0.1, 0.15) is 45.6 Å². The lowest BCUT2D eigenvalue weighted by molar-refractivity contribution is -0.155. The number of ether oxygens (including phenoxy) is 1. The zero-order valence-corrected chi connectivity index (χ0v) is 18.7. The lowest BCUT2D eigenvalue weighted by atomic mass is 9.66. The third-order valence-electron chi connectivity index (χ3n) is 6.56. The Hall–Kier alpha value is -1.92. The number of aromatic nitrogens is 1. The molecule has 0 amide bonds. The minimum absolute atomic E-state index is 0.0586. The van der Waals surface area contributed by atoms with Gasteiger partial charge in [0.25, 0.3) is 0 Å². The van der Waals surface area contributed by atoms with Gasteiger partial charge in [0.2, 0.25) is 0 Å². The number of esters is 1. The molecule has 0 spiro atoms. The Labute approximate surface area is 167 Å². The van der Waals surface area contributed by atoms with E-state index in [0.29, 0.717) is 24.8 Å². The van der Waals surface area contributed by atoms with E-state index in [-0.39, 0.29) is 16.9 Å². The number of hydrogen-bond acceptors (Lipinski definition) is 4. The molecule has 152 valence electrons. The minimum Gasteiger partial charge on any atom is -0.468 e. The smallest absolute Gasteiger partial charge is 0.324 e. The number of fused-ring (bicyclic) bond motifs is 1. The molecule has 0 unspecified atom stereocenters. The summed E-state index contributed by atoms with van der Waals surface area (Å²) in [6.07, 6.45) is 2.97. The van der Waals surface area contributed by atoms with Crippen molar-refractivity contribution >= 4 is 31.0 Å². The van der Waals surface area contributed by atoms with Crippen molar-refractivity contribution in [1.29, 1.82) is 0 Å². The third-order valence-corrected chi connectivity index (χ3v) is 11.1. The van der Waals surface area contributed by atoms with Crippen molar-refractivity contribution in [2.24, 2.45) is 0 Å². The van der Waals surface area contributed by atoms with Gasteiger partial charge in [0.05, 0.1) is 7.11 Å². The molecular weight excluding hydrogens is 370 g/mol. The maximum absolute atomic E-state index is 13.2. The van der Waals surface area contributed by atoms with Crippen LogP contribution in [-0.4, -0.2) is 38.3 Å². The molecule has 0 radical (unpaired) electrons. The van der Waals surface area contributed by atoms with Gasteiger partial charge in [-0.2, -0.15) is 0 Å². The van der Waals surface area contributed by atoms with E-state index in [4.69, 9.17) is 9.16 Å². The van der Waals surface area contributed by atoms with Gasteiger partial charge in [0, 0.05) is 29.6 Å². The summed E-state index contributed by atoms with van der Waals surface area (Å²) in [5.41, 5.74) is 0.300. The molecule has 0 aliphatic heterocycles. The molecule has 1 saturated carbocycles. The predicted octanol–water partition coefficient (Wildman–Crippen LogP) is 4.72. The second kappa shape index (κ2) is 7.15. The van der Waals surface area contributed by atoms with Crippen LogP contribution in [0.4, 0.5) is 0 Å². The number of ketones is 1. The normalized spacial score (nSPS) is 23.8. The quantitative estimate of drug-likeness (QED) is 0.457. The Kier molecular flexibility index (Phi) is 5.32. The van der Waals surface area contributed by atoms with Crippen LogP contribution in [-0.2, 0) is 24.2 Å². The lowest BCUT2D eigenvalue weighted by Gasteiger charge is -2.44. The highest BCUT2D eigenvalue weighted by atomic mass is 28.4. The number of hydrogen-bond donors (Lipinski definition) is 1. The molecule has 1 aromatic heterocycles. The summed E-state index contributed by atoms with van der Waals surface area (Å²) in [5, 5.41) is 0.942. The van der Waals surface area contributed by atoms with Crippen molar-refractivity contribution in [3.8, 4) is 0 Å². The van der Waals surface area contributed by atoms with E-state index >= 15 is 0 Å². The maximum atomic E-state index is 13.2. The number of carbonyl (C=O) groups excluding carboxylic acids is 2. The highest BCUT2D eigenvalue weighted by Crippen LogP contribution is 2.45. The molecule has 1 aliphatic carbocycles. The molecule has 2 atom stereocenters. The van der Waals surface area contributed by atoms with Crippen LogP contribution in [0, 0.1) is 0 Å². The minimum atomic E-state index is -2.03. The van der Waals surface area contributed by atoms with E-state index in [0.717, 1.165) is 10.9 Å². The van der Waals surface area contributed by atoms with E-state index in [1.165, 1.54) is 7.11 Å². The summed E-state index contributed by atoms with van der Waals surface area (Å²) >= 11 is 0. The van der Waals surface area contributed by atoms with Gasteiger partial charge in [-0.1, -0.05) is 32.9 Å². The van der Waals surface area contributed by atoms with Gasteiger partial charge in [0.15, 0.2) is 19.5 Å². The second-order valence-electron chi connectivity index (χ2n) is 9.31. The first kappa shape index (κ1) is 20.8. The largest absolute Gasteiger partial charge is 0.468 e. The van der Waals surface area contributed by atoms with Gasteiger partial charge in [0.1, 0.15) is 0 Å². The van der Waals surface area contributed by atoms with Crippen molar-refractivity contribution in [2.75, 3.05) is 7.11 Å². The molecule has 1 N–H and O–H groups in total. The molecule has 1 heterocycles. The van der Waals surface area contributed by atoms with Crippen LogP contribution in [0.25, 0.3) is 10.9 Å². The molecule has 1 fully saturated rings. The van der Waals surface area contributed by atoms with E-state index in [2.05, 4.69) is 38.8 Å². The number of H-pyrrole nitrogens is 1. The Morgan fingerprint density at radius 1 is 1.25 bits per heavy atom. The van der Waals surface area contributed by atoms with Gasteiger partial charge in [-0.05, 0) is 48.7 Å². The zero-order chi connectivity index (χ0) is 20.7. The topological polar surface area (TPSA) is 68.4 Å². The summed E-state index contributed by atoms with van der Waals surface area (Å²) in [5.74, 6) is -0.571. The van der Waals surface area contributed by atoms with Crippen molar-refractivity contribution in [3.05, 3.63) is 36.0 Å². The van der Waals surface area contributed by atoms with Crippen LogP contribution in [0.2, 0.25) is 18.1 Å². The molecule has 0 saturated heterocycles. The van der Waals surface area contributed by atoms with Crippen molar-refractivity contribution in [1.82, 2.24) is 4.98 Å². The second-order valence-corrected chi connectivity index (χ2v) is 14.1. The van der Waals surface area contributed by atoms with E-state index in [1.54, 1.807) is 0 Å². The van der Waals surface area contributed by atoms with Crippen LogP contribution in [0.3, 0.4) is 0 Å². The Morgan fingerprint density at radius 2 is 1.96 bits per heavy atom. The molecule has 1 aliphatic rings. The van der Waals surface area contributed by atoms with Crippen molar-refractivity contribution in [2.45, 2.75) is 69.7 Å². The summed E-state index contributed by atoms with van der Waals surface area (Å²) in [6, 6.07) is 7.62. The summed E-state index contributed by atoms with van der Waals surface area (Å²) < 4.78 is 11.8. The van der Waals surface area contributed by atoms with Crippen LogP contribution < -0.4 is 0 Å². The van der Waals surface area contributed by atoms with Crippen LogP contribution in [0.5, 0.6) is 0 Å². The van der Waals surface area contributed by atoms with Gasteiger partial charge >= 0.3 is 5.97 Å². The molecule has 1 aromatic carbocycles. The highest BCUT2D eigenvalue weighted by Gasteiger charge is 2.54. The fraction of sp³-hybridized carbons (Fsp3) is 0.545. The Balaban J connectivity index is 2.08. The van der Waals surface area contributed by atoms with Crippen LogP contribution in [0.15, 0.2) is 30.5 Å². The standard InChI is InChI=1S/C22H31NO4Si/c1-21(2,3)28(5,6)27-15-10-11-19(24)22(14-15,20(25)26-4)17-8-7-9-18-16(17)12-13-23-18/h7-9,12-13,15,23H,10-11,14H2,1-6H3/t15-,22+/m0/s1. The number of methoxy groups -OCH3 is 1. The maximum Gasteiger partial charge on any atom is 0.324 e. The van der Waals surface area contributed by atoms with E-state index < -0.39 is 19.7 Å². The fourth-order valence-corrected chi connectivity index (χ4v) is 5.34. The summed E-state index contributed by atoms with van der Waals surface area (Å²) in [7, 11) is -0.679. The zero-order valence-electron chi connectivity index (χ0n) is 17.7. The van der Waals surface area contributed by atoms with E-state index in [9.17, 15) is 9.59 Å². The van der Waals surface area contributed by atoms with Gasteiger partial charge in [-0.25, -0.2) is 0 Å². The average Bonchev–Trinajstić information content (AvgIpc) is 3.10. The molecule has 6 heteroatoms. The number of Topliss-reactive ketones (excluding diaryl/α,β-unsaturated/α-hetero) is 1. The average molecular weight is 402 g/mol. The summed E-state index contributed by atoms with van der Waals surface area (Å²) in [6.45, 7) is 11.0.